The number of benzene rings is 1. The van der Waals surface area contributed by atoms with Gasteiger partial charge in [-0.3, -0.25) is 14.9 Å². The Balaban J connectivity index is 2.05. The number of ether oxygens (including phenoxy) is 2. The summed E-state index contributed by atoms with van der Waals surface area (Å²) < 4.78 is 10.1. The molecule has 0 saturated carbocycles. The van der Waals surface area contributed by atoms with Crippen molar-refractivity contribution in [2.45, 2.75) is 38.6 Å². The van der Waals surface area contributed by atoms with Crippen molar-refractivity contribution in [2.24, 2.45) is 0 Å². The van der Waals surface area contributed by atoms with Gasteiger partial charge in [0.25, 0.3) is 11.6 Å². The van der Waals surface area contributed by atoms with Crippen LogP contribution in [0.5, 0.6) is 5.75 Å². The molecule has 1 amide bonds. The molecule has 1 atom stereocenters. The van der Waals surface area contributed by atoms with Crippen LogP contribution >= 0.6 is 0 Å². The standard InChI is InChI=1S/C17H22N2O6/c1-3-12-6-4-5-9-18(12)16(20)11-25-17(21)14-10-13(19(22)23)7-8-15(14)24-2/h7-8,10,12H,3-6,9,11H2,1-2H3/t12-/m0/s1. The van der Waals surface area contributed by atoms with Crippen molar-refractivity contribution in [3.63, 3.8) is 0 Å². The lowest BCUT2D eigenvalue weighted by molar-refractivity contribution is -0.384. The van der Waals surface area contributed by atoms with Gasteiger partial charge in [-0.25, -0.2) is 4.79 Å². The molecule has 1 aliphatic heterocycles. The van der Waals surface area contributed by atoms with Crippen LogP contribution in [0.1, 0.15) is 43.0 Å². The molecule has 0 radical (unpaired) electrons. The van der Waals surface area contributed by atoms with Crippen LogP contribution in [0.25, 0.3) is 0 Å². The molecule has 2 rings (SSSR count). The number of nitrogens with zero attached hydrogens (tertiary/aromatic N) is 2. The van der Waals surface area contributed by atoms with E-state index in [9.17, 15) is 19.7 Å². The quantitative estimate of drug-likeness (QED) is 0.444. The lowest BCUT2D eigenvalue weighted by Gasteiger charge is -2.35. The van der Waals surface area contributed by atoms with Gasteiger partial charge in [-0.2, -0.15) is 0 Å². The summed E-state index contributed by atoms with van der Waals surface area (Å²) in [5, 5.41) is 10.9. The van der Waals surface area contributed by atoms with Crippen LogP contribution in [0.2, 0.25) is 0 Å². The predicted molar refractivity (Wildman–Crippen MR) is 89.6 cm³/mol. The van der Waals surface area contributed by atoms with E-state index in [1.54, 1.807) is 4.90 Å². The molecule has 1 heterocycles. The molecule has 8 heteroatoms. The molecule has 1 aromatic carbocycles. The zero-order chi connectivity index (χ0) is 18.4. The Hall–Kier alpha value is -2.64. The molecule has 1 saturated heterocycles. The summed E-state index contributed by atoms with van der Waals surface area (Å²) in [6.07, 6.45) is 3.84. The molecule has 8 nitrogen and oxygen atoms in total. The number of rotatable bonds is 6. The third-order valence-corrected chi connectivity index (χ3v) is 4.36. The van der Waals surface area contributed by atoms with Gasteiger partial charge in [0.15, 0.2) is 6.61 Å². The fourth-order valence-electron chi connectivity index (χ4n) is 3.01. The number of esters is 1. The lowest BCUT2D eigenvalue weighted by Crippen LogP contribution is -2.45. The number of hydrogen-bond donors (Lipinski definition) is 0. The van der Waals surface area contributed by atoms with Gasteiger partial charge in [-0.1, -0.05) is 6.92 Å². The zero-order valence-corrected chi connectivity index (χ0v) is 14.4. The number of nitro groups is 1. The SMILES string of the molecule is CC[C@H]1CCCCN1C(=O)COC(=O)c1cc([N+](=O)[O-])ccc1OC. The molecule has 0 unspecified atom stereocenters. The Morgan fingerprint density at radius 2 is 2.12 bits per heavy atom. The molecule has 0 aromatic heterocycles. The minimum Gasteiger partial charge on any atom is -0.496 e. The second kappa shape index (κ2) is 8.46. The number of carbonyl (C=O) groups is 2. The van der Waals surface area contributed by atoms with E-state index in [0.717, 1.165) is 31.7 Å². The third kappa shape index (κ3) is 4.46. The highest BCUT2D eigenvalue weighted by Gasteiger charge is 2.27. The van der Waals surface area contributed by atoms with Crippen LogP contribution < -0.4 is 4.74 Å². The minimum atomic E-state index is -0.820. The number of non-ortho nitro benzene ring substituents is 1. The van der Waals surface area contributed by atoms with E-state index in [2.05, 4.69) is 0 Å². The highest BCUT2D eigenvalue weighted by atomic mass is 16.6. The van der Waals surface area contributed by atoms with Crippen molar-refractivity contribution in [2.75, 3.05) is 20.3 Å². The smallest absolute Gasteiger partial charge is 0.342 e. The van der Waals surface area contributed by atoms with Gasteiger partial charge in [0.2, 0.25) is 0 Å². The first kappa shape index (κ1) is 18.7. The summed E-state index contributed by atoms with van der Waals surface area (Å²) in [5.41, 5.74) is -0.323. The topological polar surface area (TPSA) is 99.0 Å². The fourth-order valence-corrected chi connectivity index (χ4v) is 3.01. The van der Waals surface area contributed by atoms with Crippen LogP contribution in [0, 0.1) is 10.1 Å². The number of hydrogen-bond acceptors (Lipinski definition) is 6. The van der Waals surface area contributed by atoms with Gasteiger partial charge < -0.3 is 14.4 Å². The normalized spacial score (nSPS) is 17.0. The van der Waals surface area contributed by atoms with Crippen molar-refractivity contribution >= 4 is 17.6 Å². The first-order chi connectivity index (χ1) is 12.0. The summed E-state index contributed by atoms with van der Waals surface area (Å²) in [6.45, 7) is 2.30. The van der Waals surface area contributed by atoms with Crippen LogP contribution in [-0.4, -0.2) is 48.0 Å². The molecule has 1 aromatic rings. The Bertz CT molecular complexity index is 661. The second-order valence-corrected chi connectivity index (χ2v) is 5.86. The summed E-state index contributed by atoms with van der Waals surface area (Å²) in [4.78, 5) is 36.6. The second-order valence-electron chi connectivity index (χ2n) is 5.86. The number of likely N-dealkylation sites (tertiary alicyclic amines) is 1. The monoisotopic (exact) mass is 350 g/mol. The highest BCUT2D eigenvalue weighted by molar-refractivity contribution is 5.94. The molecule has 0 bridgehead atoms. The summed E-state index contributed by atoms with van der Waals surface area (Å²) in [5.74, 6) is -0.907. The zero-order valence-electron chi connectivity index (χ0n) is 14.4. The van der Waals surface area contributed by atoms with E-state index in [1.807, 2.05) is 6.92 Å². The first-order valence-electron chi connectivity index (χ1n) is 8.27. The molecule has 0 spiro atoms. The van der Waals surface area contributed by atoms with Gasteiger partial charge >= 0.3 is 5.97 Å². The van der Waals surface area contributed by atoms with Gasteiger partial charge in [-0.05, 0) is 31.7 Å². The van der Waals surface area contributed by atoms with E-state index < -0.39 is 10.9 Å². The van der Waals surface area contributed by atoms with E-state index in [1.165, 1.54) is 19.2 Å². The molecular formula is C17H22N2O6. The summed E-state index contributed by atoms with van der Waals surface area (Å²) in [6, 6.07) is 3.82. The molecule has 1 fully saturated rings. The van der Waals surface area contributed by atoms with Crippen LogP contribution in [0.15, 0.2) is 18.2 Å². The van der Waals surface area contributed by atoms with Gasteiger partial charge in [-0.15, -0.1) is 0 Å². The maximum absolute atomic E-state index is 12.3. The molecule has 25 heavy (non-hydrogen) atoms. The number of carbonyl (C=O) groups excluding carboxylic acids is 2. The van der Waals surface area contributed by atoms with Crippen LogP contribution in [-0.2, 0) is 9.53 Å². The molecule has 136 valence electrons. The van der Waals surface area contributed by atoms with Crippen molar-refractivity contribution < 1.29 is 24.0 Å². The van der Waals surface area contributed by atoms with Crippen LogP contribution in [0.3, 0.4) is 0 Å². The summed E-state index contributed by atoms with van der Waals surface area (Å²) >= 11 is 0. The van der Waals surface area contributed by atoms with E-state index >= 15 is 0 Å². The van der Waals surface area contributed by atoms with Gasteiger partial charge in [0, 0.05) is 24.7 Å². The van der Waals surface area contributed by atoms with Gasteiger partial charge in [0.1, 0.15) is 11.3 Å². The number of methoxy groups -OCH3 is 1. The molecule has 0 N–H and O–H groups in total. The largest absolute Gasteiger partial charge is 0.496 e. The van der Waals surface area contributed by atoms with E-state index in [4.69, 9.17) is 9.47 Å². The van der Waals surface area contributed by atoms with Crippen molar-refractivity contribution in [3.05, 3.63) is 33.9 Å². The third-order valence-electron chi connectivity index (χ3n) is 4.36. The molecule has 0 aliphatic carbocycles. The highest BCUT2D eigenvalue weighted by Crippen LogP contribution is 2.25. The van der Waals surface area contributed by atoms with E-state index in [0.29, 0.717) is 6.54 Å². The fraction of sp³-hybridized carbons (Fsp3) is 0.529. The minimum absolute atomic E-state index is 0.0739. The van der Waals surface area contributed by atoms with Crippen molar-refractivity contribution in [1.29, 1.82) is 0 Å². The first-order valence-corrected chi connectivity index (χ1v) is 8.27. The average molecular weight is 350 g/mol. The average Bonchev–Trinajstić information content (AvgIpc) is 2.64. The lowest BCUT2D eigenvalue weighted by atomic mass is 10.00. The number of amides is 1. The Morgan fingerprint density at radius 3 is 2.76 bits per heavy atom. The maximum Gasteiger partial charge on any atom is 0.342 e. The summed E-state index contributed by atoms with van der Waals surface area (Å²) in [7, 11) is 1.35. The van der Waals surface area contributed by atoms with Crippen molar-refractivity contribution in [1.82, 2.24) is 4.90 Å². The van der Waals surface area contributed by atoms with E-state index in [-0.39, 0.29) is 35.6 Å². The van der Waals surface area contributed by atoms with Crippen LogP contribution in [0.4, 0.5) is 5.69 Å². The molecule has 1 aliphatic rings. The Labute approximate surface area is 145 Å². The predicted octanol–water partition coefficient (Wildman–Crippen LogP) is 2.55. The van der Waals surface area contributed by atoms with Crippen molar-refractivity contribution in [3.8, 4) is 5.75 Å². The Morgan fingerprint density at radius 1 is 1.36 bits per heavy atom. The number of piperidine rings is 1. The molecular weight excluding hydrogens is 328 g/mol. The van der Waals surface area contributed by atoms with Gasteiger partial charge in [0.05, 0.1) is 12.0 Å². The Kier molecular flexibility index (Phi) is 6.32. The maximum atomic E-state index is 12.3. The number of nitro benzene ring substituents is 1.